The molecule has 6 aromatic carbocycles. The van der Waals surface area contributed by atoms with Crippen molar-refractivity contribution in [1.82, 2.24) is 15.0 Å². The number of carbonyl (C=O) groups excluding carboxylic acids is 3. The number of Topliss-reactive ketones (excluding diaryl/α,β-unsaturated/α-hetero) is 1. The maximum absolute atomic E-state index is 12.8. The Morgan fingerprint density at radius 1 is 0.545 bits per heavy atom. The predicted molar refractivity (Wildman–Crippen MR) is 305 cm³/mol. The summed E-state index contributed by atoms with van der Waals surface area (Å²) in [6.07, 6.45) is 15.7. The fourth-order valence-corrected chi connectivity index (χ4v) is 8.80. The first-order chi connectivity index (χ1) is 37.6. The fourth-order valence-electron chi connectivity index (χ4n) is 8.80. The molecule has 2 amide bonds. The number of carboxylic acid groups (broad SMARTS) is 1. The lowest BCUT2D eigenvalue weighted by Crippen LogP contribution is -2.24. The van der Waals surface area contributed by atoms with Crippen molar-refractivity contribution in [3.8, 4) is 33.8 Å². The third kappa shape index (κ3) is 18.6. The van der Waals surface area contributed by atoms with E-state index >= 15 is 0 Å². The molecule has 0 unspecified atom stereocenters. The number of ketones is 1. The van der Waals surface area contributed by atoms with Gasteiger partial charge in [0.05, 0.1) is 17.5 Å². The summed E-state index contributed by atoms with van der Waals surface area (Å²) in [7, 11) is 0. The molecule has 0 spiro atoms. The van der Waals surface area contributed by atoms with Gasteiger partial charge in [0.1, 0.15) is 30.5 Å². The molecule has 77 heavy (non-hydrogen) atoms. The molecular formula is C65H72N4O8. The second-order valence-electron chi connectivity index (χ2n) is 18.9. The van der Waals surface area contributed by atoms with Gasteiger partial charge >= 0.3 is 5.97 Å². The monoisotopic (exact) mass is 1040 g/mol. The minimum Gasteiger partial charge on any atom is -0.489 e. The van der Waals surface area contributed by atoms with Gasteiger partial charge in [-0.3, -0.25) is 34.4 Å². The zero-order chi connectivity index (χ0) is 54.6. The van der Waals surface area contributed by atoms with E-state index < -0.39 is 17.8 Å². The zero-order valence-corrected chi connectivity index (χ0v) is 44.4. The van der Waals surface area contributed by atoms with E-state index in [1.54, 1.807) is 6.20 Å². The summed E-state index contributed by atoms with van der Waals surface area (Å²) >= 11 is 0. The van der Waals surface area contributed by atoms with E-state index in [0.717, 1.165) is 91.6 Å². The number of nitrogens with zero attached hydrogens (tertiary/aromatic N) is 3. The van der Waals surface area contributed by atoms with Crippen molar-refractivity contribution in [2.24, 2.45) is 5.73 Å². The van der Waals surface area contributed by atoms with Gasteiger partial charge < -0.3 is 20.3 Å². The van der Waals surface area contributed by atoms with Gasteiger partial charge in [-0.1, -0.05) is 180 Å². The minimum atomic E-state index is -0.880. The average molecular weight is 1040 g/mol. The number of imide groups is 1. The van der Waals surface area contributed by atoms with E-state index in [2.05, 4.69) is 54.1 Å². The Bertz CT molecular complexity index is 3110. The van der Waals surface area contributed by atoms with Crippen LogP contribution in [-0.2, 0) is 45.2 Å². The summed E-state index contributed by atoms with van der Waals surface area (Å²) in [4.78, 5) is 53.8. The summed E-state index contributed by atoms with van der Waals surface area (Å²) in [6.45, 7) is 6.27. The molecule has 1 saturated heterocycles. The van der Waals surface area contributed by atoms with Crippen LogP contribution in [0.3, 0.4) is 0 Å². The van der Waals surface area contributed by atoms with Crippen molar-refractivity contribution in [3.05, 3.63) is 192 Å². The van der Waals surface area contributed by atoms with E-state index in [9.17, 15) is 24.3 Å². The van der Waals surface area contributed by atoms with Crippen LogP contribution in [-0.4, -0.2) is 55.5 Å². The number of nitrogens with two attached hydrogens (primary N) is 1. The number of para-hydroxylation sites is 2. The van der Waals surface area contributed by atoms with Crippen LogP contribution in [0.2, 0.25) is 0 Å². The number of carboxylic acids is 1. The molecule has 4 N–H and O–H groups in total. The number of unbranched alkanes of at least 4 members (excludes halogenated alkanes) is 7. The van der Waals surface area contributed by atoms with Crippen molar-refractivity contribution in [3.63, 3.8) is 0 Å². The van der Waals surface area contributed by atoms with Crippen molar-refractivity contribution >= 4 is 45.4 Å². The molecule has 2 aromatic heterocycles. The molecule has 3 heterocycles. The Morgan fingerprint density at radius 3 is 1.43 bits per heavy atom. The van der Waals surface area contributed by atoms with Crippen molar-refractivity contribution in [1.29, 1.82) is 0 Å². The Kier molecular flexibility index (Phi) is 24.0. The van der Waals surface area contributed by atoms with Crippen molar-refractivity contribution < 1.29 is 39.0 Å². The highest BCUT2D eigenvalue weighted by Crippen LogP contribution is 2.35. The van der Waals surface area contributed by atoms with Crippen LogP contribution in [0.4, 0.5) is 0 Å². The van der Waals surface area contributed by atoms with Gasteiger partial charge in [-0.25, -0.2) is 0 Å². The molecule has 0 aliphatic carbocycles. The predicted octanol–water partition coefficient (Wildman–Crippen LogP) is 14.1. The Morgan fingerprint density at radius 2 is 0.987 bits per heavy atom. The zero-order valence-electron chi connectivity index (χ0n) is 44.4. The smallest absolute Gasteiger partial charge is 0.307 e. The number of aromatic nitrogens is 2. The van der Waals surface area contributed by atoms with Crippen LogP contribution in [0, 0.1) is 0 Å². The number of rotatable bonds is 22. The number of aliphatic carboxylic acids is 1. The van der Waals surface area contributed by atoms with Gasteiger partial charge in [0.15, 0.2) is 0 Å². The Balaban J connectivity index is 0.000000199. The van der Waals surface area contributed by atoms with E-state index in [4.69, 9.17) is 20.4 Å². The molecule has 12 heteroatoms. The van der Waals surface area contributed by atoms with Crippen LogP contribution in [0.1, 0.15) is 113 Å². The van der Waals surface area contributed by atoms with Gasteiger partial charge in [-0.05, 0) is 100 Å². The quantitative estimate of drug-likeness (QED) is 0.0334. The lowest BCUT2D eigenvalue weighted by molar-refractivity contribution is -0.171. The van der Waals surface area contributed by atoms with Crippen LogP contribution in [0.5, 0.6) is 11.5 Å². The van der Waals surface area contributed by atoms with Crippen molar-refractivity contribution in [2.75, 3.05) is 6.54 Å². The second kappa shape index (κ2) is 31.7. The minimum absolute atomic E-state index is 0.0811. The van der Waals surface area contributed by atoms with E-state index in [1.165, 1.54) is 44.9 Å². The molecule has 1 aliphatic heterocycles. The largest absolute Gasteiger partial charge is 0.489 e. The molecule has 0 radical (unpaired) electrons. The lowest BCUT2D eigenvalue weighted by atomic mass is 9.93. The summed E-state index contributed by atoms with van der Waals surface area (Å²) in [5.41, 5.74) is 14.9. The molecule has 0 saturated carbocycles. The summed E-state index contributed by atoms with van der Waals surface area (Å²) in [5, 5.41) is 19.9. The molecule has 1 fully saturated rings. The number of hydrogen-bond acceptors (Lipinski definition) is 10. The van der Waals surface area contributed by atoms with Crippen LogP contribution in [0.15, 0.2) is 170 Å². The fraction of sp³-hybridized carbons (Fsp3) is 0.292. The summed E-state index contributed by atoms with van der Waals surface area (Å²) in [5.74, 6) is -0.0508. The number of hydrogen-bond donors (Lipinski definition) is 3. The van der Waals surface area contributed by atoms with Gasteiger partial charge in [0, 0.05) is 48.8 Å². The number of ether oxygens (including phenoxy) is 2. The number of carbonyl (C=O) groups is 4. The lowest BCUT2D eigenvalue weighted by Gasteiger charge is -2.14. The van der Waals surface area contributed by atoms with E-state index in [0.29, 0.717) is 31.6 Å². The second-order valence-corrected chi connectivity index (χ2v) is 18.9. The number of hydroxylamine groups is 2. The van der Waals surface area contributed by atoms with Gasteiger partial charge in [-0.15, -0.1) is 0 Å². The van der Waals surface area contributed by atoms with E-state index in [1.807, 2.05) is 134 Å². The maximum Gasteiger partial charge on any atom is 0.307 e. The topological polar surface area (TPSA) is 182 Å². The molecule has 1 aliphatic rings. The maximum atomic E-state index is 12.8. The first-order valence-electron chi connectivity index (χ1n) is 26.8. The first kappa shape index (κ1) is 58.2. The highest BCUT2D eigenvalue weighted by Gasteiger charge is 2.27. The third-order valence-corrected chi connectivity index (χ3v) is 12.8. The molecule has 9 rings (SSSR count). The van der Waals surface area contributed by atoms with Crippen molar-refractivity contribution in [2.45, 2.75) is 117 Å². The first-order valence-corrected chi connectivity index (χ1v) is 26.8. The average Bonchev–Trinajstić information content (AvgIpc) is 3.78. The highest BCUT2D eigenvalue weighted by atomic mass is 16.5. The standard InChI is InChI=1S/C31H33NO2.C24H19NO3.C6H15N.C4H5NO3/c1-2-3-4-5-9-16-27(33)20-26-22-32-30-19-11-10-18-29(30)31(26)25-15-12-17-28(21-25)34-23-24-13-7-6-8-14-24;26-23(27)14-19-15-25-22-12-5-4-11-21(22)24(19)18-9-6-10-20(13-18)28-16-17-7-2-1-3-8-17;1-2-3-4-5-6-7;6-3-1-2-4(7)5(3)8/h6-8,10-15,17-19,21-22H,2-5,9,16,20,23H2,1H3;1-13,15H,14,16H2,(H,26,27);2-7H2,1H3;8H,1-2H2. The normalized spacial score (nSPS) is 11.7. The molecular weight excluding hydrogens is 965 g/mol. The SMILES string of the molecule is CCCCCCCC(=O)Cc1cnc2ccccc2c1-c1cccc(OCc2ccccc2)c1.CCCCCCN.O=C(O)Cc1cnc2ccccc2c1-c1cccc(OCc2ccccc2)c1.O=C1CCC(=O)N1O. The third-order valence-electron chi connectivity index (χ3n) is 12.8. The molecule has 8 aromatic rings. The number of amides is 2. The summed E-state index contributed by atoms with van der Waals surface area (Å²) < 4.78 is 12.0. The Hall–Kier alpha value is -8.06. The molecule has 0 atom stereocenters. The van der Waals surface area contributed by atoms with Crippen LogP contribution < -0.4 is 15.2 Å². The molecule has 400 valence electrons. The van der Waals surface area contributed by atoms with Crippen LogP contribution >= 0.6 is 0 Å². The molecule has 12 nitrogen and oxygen atoms in total. The van der Waals surface area contributed by atoms with Gasteiger partial charge in [0.2, 0.25) is 0 Å². The van der Waals surface area contributed by atoms with Gasteiger partial charge in [0.25, 0.3) is 11.8 Å². The highest BCUT2D eigenvalue weighted by molar-refractivity contribution is 6.01. The van der Waals surface area contributed by atoms with E-state index in [-0.39, 0.29) is 30.1 Å². The Labute approximate surface area is 452 Å². The number of benzene rings is 6. The molecule has 0 bridgehead atoms. The summed E-state index contributed by atoms with van der Waals surface area (Å²) in [6, 6.07) is 52.0. The number of fused-ring (bicyclic) bond motifs is 2. The van der Waals surface area contributed by atoms with Crippen LogP contribution in [0.25, 0.3) is 44.1 Å². The van der Waals surface area contributed by atoms with Gasteiger partial charge in [-0.2, -0.15) is 5.06 Å². The number of pyridine rings is 2.